The number of rotatable bonds is 2. The zero-order valence-corrected chi connectivity index (χ0v) is 10.1. The third-order valence-corrected chi connectivity index (χ3v) is 2.63. The molecule has 0 saturated carbocycles. The van der Waals surface area contributed by atoms with Gasteiger partial charge in [0.2, 0.25) is 0 Å². The molecule has 1 fully saturated rings. The van der Waals surface area contributed by atoms with Gasteiger partial charge >= 0.3 is 0 Å². The number of benzene rings is 1. The molecule has 0 aromatic heterocycles. The minimum Gasteiger partial charge on any atom is -0.338 e. The molecule has 0 amide bonds. The highest BCUT2D eigenvalue weighted by Gasteiger charge is 2.20. The number of non-ortho nitro benzene ring substituents is 1. The molecule has 0 aliphatic carbocycles. The topological polar surface area (TPSA) is 79.2 Å². The smallest absolute Gasteiger partial charge is 0.269 e. The van der Waals surface area contributed by atoms with Gasteiger partial charge in [0.25, 0.3) is 5.69 Å². The lowest BCUT2D eigenvalue weighted by molar-refractivity contribution is -0.384. The zero-order valence-electron chi connectivity index (χ0n) is 8.47. The summed E-state index contributed by atoms with van der Waals surface area (Å²) in [7, 11) is 0. The molecule has 0 spiro atoms. The summed E-state index contributed by atoms with van der Waals surface area (Å²) in [6.45, 7) is 0. The fourth-order valence-electron chi connectivity index (χ4n) is 1.46. The van der Waals surface area contributed by atoms with Gasteiger partial charge in [0.1, 0.15) is 6.17 Å². The van der Waals surface area contributed by atoms with Crippen LogP contribution in [0.3, 0.4) is 0 Å². The number of nitrogens with one attached hydrogen (secondary N) is 3. The minimum atomic E-state index is -0.443. The standard InChI is InChI=1S/C9H8N4O2S2/c14-13(15)6-3-1-2-5(4-6)7-10-8(16)12-9(17)11-7/h1-4,7H,(H3,10,11,12,16,17). The molecule has 1 aromatic rings. The summed E-state index contributed by atoms with van der Waals surface area (Å²) < 4.78 is 0. The van der Waals surface area contributed by atoms with Crippen LogP contribution in [-0.2, 0) is 0 Å². The molecule has 1 heterocycles. The molecule has 88 valence electrons. The SMILES string of the molecule is O=[N+]([O-])c1cccc(C2NC(=S)NC(=S)N2)c1. The second kappa shape index (κ2) is 4.60. The summed E-state index contributed by atoms with van der Waals surface area (Å²) >= 11 is 9.92. The Hall–Kier alpha value is -1.80. The van der Waals surface area contributed by atoms with Crippen LogP contribution in [-0.4, -0.2) is 15.1 Å². The number of nitro groups is 1. The fourth-order valence-corrected chi connectivity index (χ4v) is 1.96. The van der Waals surface area contributed by atoms with E-state index in [4.69, 9.17) is 24.4 Å². The average Bonchev–Trinajstić information content (AvgIpc) is 2.28. The van der Waals surface area contributed by atoms with Crippen LogP contribution in [0, 0.1) is 10.1 Å². The monoisotopic (exact) mass is 268 g/mol. The minimum absolute atomic E-state index is 0.0291. The first-order valence-electron chi connectivity index (χ1n) is 4.68. The highest BCUT2D eigenvalue weighted by molar-refractivity contribution is 7.81. The molecular formula is C9H8N4O2S2. The first kappa shape index (κ1) is 11.7. The van der Waals surface area contributed by atoms with Crippen molar-refractivity contribution in [2.45, 2.75) is 6.17 Å². The van der Waals surface area contributed by atoms with Gasteiger partial charge in [-0.15, -0.1) is 0 Å². The Morgan fingerprint density at radius 2 is 1.88 bits per heavy atom. The van der Waals surface area contributed by atoms with Crippen molar-refractivity contribution in [1.82, 2.24) is 16.0 Å². The van der Waals surface area contributed by atoms with Gasteiger partial charge in [0.05, 0.1) is 4.92 Å². The van der Waals surface area contributed by atoms with Crippen LogP contribution < -0.4 is 16.0 Å². The van der Waals surface area contributed by atoms with Gasteiger partial charge in [-0.05, 0) is 24.4 Å². The van der Waals surface area contributed by atoms with Gasteiger partial charge in [-0.3, -0.25) is 10.1 Å². The van der Waals surface area contributed by atoms with E-state index in [0.29, 0.717) is 15.8 Å². The first-order valence-corrected chi connectivity index (χ1v) is 5.50. The van der Waals surface area contributed by atoms with Crippen LogP contribution in [0.2, 0.25) is 0 Å². The van der Waals surface area contributed by atoms with E-state index in [1.165, 1.54) is 12.1 Å². The molecule has 3 N–H and O–H groups in total. The molecular weight excluding hydrogens is 260 g/mol. The second-order valence-electron chi connectivity index (χ2n) is 3.36. The van der Waals surface area contributed by atoms with Crippen molar-refractivity contribution in [2.24, 2.45) is 0 Å². The summed E-state index contributed by atoms with van der Waals surface area (Å²) in [5.74, 6) is 0. The molecule has 1 aliphatic heterocycles. The molecule has 0 atom stereocenters. The highest BCUT2D eigenvalue weighted by Crippen LogP contribution is 2.18. The quantitative estimate of drug-likeness (QED) is 0.418. The molecule has 1 saturated heterocycles. The van der Waals surface area contributed by atoms with Gasteiger partial charge in [-0.25, -0.2) is 0 Å². The van der Waals surface area contributed by atoms with Gasteiger partial charge < -0.3 is 16.0 Å². The number of thiocarbonyl (C=S) groups is 2. The molecule has 0 unspecified atom stereocenters. The normalized spacial score (nSPS) is 15.8. The maximum atomic E-state index is 10.7. The highest BCUT2D eigenvalue weighted by atomic mass is 32.1. The molecule has 1 aliphatic rings. The van der Waals surface area contributed by atoms with Gasteiger partial charge in [-0.2, -0.15) is 0 Å². The van der Waals surface area contributed by atoms with E-state index in [1.54, 1.807) is 12.1 Å². The molecule has 1 aromatic carbocycles. The Morgan fingerprint density at radius 1 is 1.24 bits per heavy atom. The fraction of sp³-hybridized carbons (Fsp3) is 0.111. The van der Waals surface area contributed by atoms with Crippen molar-refractivity contribution in [1.29, 1.82) is 0 Å². The van der Waals surface area contributed by atoms with Crippen LogP contribution >= 0.6 is 24.4 Å². The third kappa shape index (κ3) is 2.66. The van der Waals surface area contributed by atoms with Crippen molar-refractivity contribution in [2.75, 3.05) is 0 Å². The maximum absolute atomic E-state index is 10.7. The predicted molar refractivity (Wildman–Crippen MR) is 70.4 cm³/mol. The lowest BCUT2D eigenvalue weighted by Crippen LogP contribution is -2.56. The lowest BCUT2D eigenvalue weighted by Gasteiger charge is -2.28. The van der Waals surface area contributed by atoms with Crippen molar-refractivity contribution in [3.05, 3.63) is 39.9 Å². The summed E-state index contributed by atoms with van der Waals surface area (Å²) in [5, 5.41) is 20.0. The van der Waals surface area contributed by atoms with Crippen LogP contribution in [0.5, 0.6) is 0 Å². The number of hydrogen-bond donors (Lipinski definition) is 3. The van der Waals surface area contributed by atoms with E-state index in [0.717, 1.165) is 0 Å². The van der Waals surface area contributed by atoms with E-state index in [2.05, 4.69) is 16.0 Å². The second-order valence-corrected chi connectivity index (χ2v) is 4.17. The molecule has 0 bridgehead atoms. The number of hydrogen-bond acceptors (Lipinski definition) is 4. The van der Waals surface area contributed by atoms with E-state index in [9.17, 15) is 10.1 Å². The Balaban J connectivity index is 2.27. The van der Waals surface area contributed by atoms with E-state index >= 15 is 0 Å². The van der Waals surface area contributed by atoms with Gasteiger partial charge in [0.15, 0.2) is 10.2 Å². The Morgan fingerprint density at radius 3 is 2.47 bits per heavy atom. The lowest BCUT2D eigenvalue weighted by atomic mass is 10.1. The molecule has 8 heteroatoms. The van der Waals surface area contributed by atoms with Crippen molar-refractivity contribution < 1.29 is 4.92 Å². The third-order valence-electron chi connectivity index (χ3n) is 2.19. The summed E-state index contributed by atoms with van der Waals surface area (Å²) in [4.78, 5) is 10.2. The van der Waals surface area contributed by atoms with Crippen molar-refractivity contribution in [3.8, 4) is 0 Å². The molecule has 0 radical (unpaired) electrons. The zero-order chi connectivity index (χ0) is 12.4. The van der Waals surface area contributed by atoms with Gasteiger partial charge in [0, 0.05) is 17.7 Å². The molecule has 2 rings (SSSR count). The van der Waals surface area contributed by atoms with Crippen molar-refractivity contribution >= 4 is 40.3 Å². The van der Waals surface area contributed by atoms with E-state index in [1.807, 2.05) is 0 Å². The van der Waals surface area contributed by atoms with E-state index in [-0.39, 0.29) is 11.9 Å². The maximum Gasteiger partial charge on any atom is 0.269 e. The molecule has 6 nitrogen and oxygen atoms in total. The number of nitrogens with zero attached hydrogens (tertiary/aromatic N) is 1. The Labute approximate surface area is 108 Å². The Bertz CT molecular complexity index is 490. The van der Waals surface area contributed by atoms with Gasteiger partial charge in [-0.1, -0.05) is 12.1 Å². The predicted octanol–water partition coefficient (Wildman–Crippen LogP) is 0.946. The summed E-state index contributed by atoms with van der Waals surface area (Å²) in [5.41, 5.74) is 0.729. The van der Waals surface area contributed by atoms with Crippen LogP contribution in [0.1, 0.15) is 11.7 Å². The van der Waals surface area contributed by atoms with Crippen LogP contribution in [0.4, 0.5) is 5.69 Å². The summed E-state index contributed by atoms with van der Waals surface area (Å²) in [6.07, 6.45) is -0.351. The summed E-state index contributed by atoms with van der Waals surface area (Å²) in [6, 6.07) is 6.28. The average molecular weight is 268 g/mol. The first-order chi connectivity index (χ1) is 8.06. The Kier molecular flexibility index (Phi) is 3.16. The van der Waals surface area contributed by atoms with Crippen molar-refractivity contribution in [3.63, 3.8) is 0 Å². The van der Waals surface area contributed by atoms with Crippen LogP contribution in [0.25, 0.3) is 0 Å². The largest absolute Gasteiger partial charge is 0.338 e. The van der Waals surface area contributed by atoms with E-state index < -0.39 is 4.92 Å². The molecule has 17 heavy (non-hydrogen) atoms. The van der Waals surface area contributed by atoms with Crippen LogP contribution in [0.15, 0.2) is 24.3 Å². The number of nitro benzene ring substituents is 1.